The van der Waals surface area contributed by atoms with Gasteiger partial charge in [0.2, 0.25) is 23.6 Å². The van der Waals surface area contributed by atoms with Crippen LogP contribution < -0.4 is 26.6 Å². The Morgan fingerprint density at radius 1 is 0.824 bits per heavy atom. The van der Waals surface area contributed by atoms with E-state index in [9.17, 15) is 44.4 Å². The van der Waals surface area contributed by atoms with Gasteiger partial charge < -0.3 is 51.2 Å². The predicted molar refractivity (Wildman–Crippen MR) is 183 cm³/mol. The minimum atomic E-state index is -1.66. The Balaban J connectivity index is 1.62. The second-order valence-corrected chi connectivity index (χ2v) is 13.0. The van der Waals surface area contributed by atoms with E-state index in [0.717, 1.165) is 5.56 Å². The molecule has 4 amide bonds. The fourth-order valence-corrected chi connectivity index (χ4v) is 5.47. The maximum Gasteiger partial charge on any atom is 0.328 e. The first-order valence-electron chi connectivity index (χ1n) is 16.6. The number of rotatable bonds is 17. The van der Waals surface area contributed by atoms with E-state index < -0.39 is 84.8 Å². The minimum absolute atomic E-state index is 0.00654. The first-order valence-corrected chi connectivity index (χ1v) is 16.6. The molecule has 2 aromatic rings. The Morgan fingerprint density at radius 2 is 1.43 bits per heavy atom. The average molecular weight is 716 g/mol. The van der Waals surface area contributed by atoms with Crippen molar-refractivity contribution in [1.82, 2.24) is 26.6 Å². The molecule has 0 spiro atoms. The summed E-state index contributed by atoms with van der Waals surface area (Å²) in [6.07, 6.45) is -4.09. The number of amides is 4. The molecule has 0 unspecified atom stereocenters. The Morgan fingerprint density at radius 3 is 2.06 bits per heavy atom. The molecule has 0 saturated carbocycles. The summed E-state index contributed by atoms with van der Waals surface area (Å²) in [5, 5.41) is 53.4. The Hall–Kier alpha value is -4.61. The molecular weight excluding hydrogens is 666 g/mol. The number of carbonyl (C=O) groups excluding carboxylic acids is 5. The smallest absolute Gasteiger partial charge is 0.328 e. The molecule has 0 aromatic heterocycles. The molecule has 7 atom stereocenters. The number of carbonyl (C=O) groups is 5. The molecule has 51 heavy (non-hydrogen) atoms. The molecule has 9 N–H and O–H groups in total. The van der Waals surface area contributed by atoms with Crippen LogP contribution in [-0.2, 0) is 46.3 Å². The number of phenols is 1. The Bertz CT molecular complexity index is 1480. The van der Waals surface area contributed by atoms with Crippen LogP contribution in [0.25, 0.3) is 0 Å². The van der Waals surface area contributed by atoms with E-state index in [1.54, 1.807) is 42.5 Å². The van der Waals surface area contributed by atoms with E-state index in [2.05, 4.69) is 26.6 Å². The van der Waals surface area contributed by atoms with Gasteiger partial charge in [0.15, 0.2) is 0 Å². The second kappa shape index (κ2) is 19.1. The van der Waals surface area contributed by atoms with Crippen molar-refractivity contribution in [2.75, 3.05) is 26.8 Å². The average Bonchev–Trinajstić information content (AvgIpc) is 3.10. The summed E-state index contributed by atoms with van der Waals surface area (Å²) >= 11 is 0. The van der Waals surface area contributed by atoms with Gasteiger partial charge >= 0.3 is 5.97 Å². The largest absolute Gasteiger partial charge is 0.508 e. The summed E-state index contributed by atoms with van der Waals surface area (Å²) < 4.78 is 10.4. The van der Waals surface area contributed by atoms with E-state index in [4.69, 9.17) is 9.47 Å². The number of methoxy groups -OCH3 is 1. The van der Waals surface area contributed by atoms with E-state index >= 15 is 0 Å². The van der Waals surface area contributed by atoms with Crippen LogP contribution in [-0.4, -0.2) is 119 Å². The fourth-order valence-electron chi connectivity index (χ4n) is 5.47. The lowest BCUT2D eigenvalue weighted by molar-refractivity contribution is -0.243. The number of aliphatic hydroxyl groups is 3. The zero-order chi connectivity index (χ0) is 37.7. The summed E-state index contributed by atoms with van der Waals surface area (Å²) in [7, 11) is 1.22. The summed E-state index contributed by atoms with van der Waals surface area (Å²) in [5.74, 6) is -3.29. The summed E-state index contributed by atoms with van der Waals surface area (Å²) in [6.45, 7) is 3.77. The number of ether oxygens (including phenoxy) is 2. The number of esters is 1. The van der Waals surface area contributed by atoms with Gasteiger partial charge in [0.25, 0.3) is 0 Å². The third-order valence-corrected chi connectivity index (χ3v) is 8.30. The zero-order valence-electron chi connectivity index (χ0n) is 29.1. The van der Waals surface area contributed by atoms with Crippen molar-refractivity contribution in [3.63, 3.8) is 0 Å². The molecule has 1 fully saturated rings. The van der Waals surface area contributed by atoms with Crippen LogP contribution >= 0.6 is 0 Å². The Kier molecular flexibility index (Phi) is 15.3. The number of hydrogen-bond donors (Lipinski definition) is 9. The molecule has 0 aliphatic carbocycles. The molecule has 16 nitrogen and oxygen atoms in total. The molecule has 3 rings (SSSR count). The van der Waals surface area contributed by atoms with Crippen molar-refractivity contribution in [3.8, 4) is 5.75 Å². The zero-order valence-corrected chi connectivity index (χ0v) is 29.1. The standard InChI is InChI=1S/C35H49N5O11/c1-20(2)14-26(34(49)50-4)39-33(48)24(15-21-8-6-5-7-9-21)38-29(44)18-36-28(43)17-37-32(47)25(16-22-10-12-23(41)13-11-22)40-35(3)31(46)30(45)27(42)19-51-35/h5-13,20,24-27,30-31,40-42,45-46H,14-19H2,1-4H3,(H,36,43)(H,37,47)(H,38,44)(H,39,48)/t24-,25-,26-,27+,30+,31-,35+/m0/s1. The molecule has 0 radical (unpaired) electrons. The van der Waals surface area contributed by atoms with Crippen LogP contribution in [0, 0.1) is 5.92 Å². The monoisotopic (exact) mass is 715 g/mol. The van der Waals surface area contributed by atoms with Gasteiger partial charge in [-0.3, -0.25) is 24.5 Å². The van der Waals surface area contributed by atoms with Gasteiger partial charge in [-0.1, -0.05) is 56.3 Å². The highest BCUT2D eigenvalue weighted by Crippen LogP contribution is 2.25. The highest BCUT2D eigenvalue weighted by molar-refractivity contribution is 5.93. The third kappa shape index (κ3) is 12.6. The van der Waals surface area contributed by atoms with Gasteiger partial charge in [-0.05, 0) is 48.9 Å². The van der Waals surface area contributed by atoms with Crippen molar-refractivity contribution >= 4 is 29.6 Å². The lowest BCUT2D eigenvalue weighted by Crippen LogP contribution is -2.69. The molecule has 280 valence electrons. The second-order valence-electron chi connectivity index (χ2n) is 13.0. The normalized spacial score (nSPS) is 21.8. The maximum absolute atomic E-state index is 13.3. The van der Waals surface area contributed by atoms with Crippen LogP contribution in [0.4, 0.5) is 0 Å². The number of hydrogen-bond acceptors (Lipinski definition) is 12. The molecule has 1 aliphatic rings. The van der Waals surface area contributed by atoms with Crippen molar-refractivity contribution in [1.29, 1.82) is 0 Å². The quantitative estimate of drug-likeness (QED) is 0.0840. The molecule has 0 bridgehead atoms. The molecule has 16 heteroatoms. The topological polar surface area (TPSA) is 245 Å². The molecule has 2 aromatic carbocycles. The van der Waals surface area contributed by atoms with Gasteiger partial charge in [0.05, 0.1) is 32.8 Å². The predicted octanol–water partition coefficient (Wildman–Crippen LogP) is -1.61. The summed E-state index contributed by atoms with van der Waals surface area (Å²) in [4.78, 5) is 64.6. The highest BCUT2D eigenvalue weighted by Gasteiger charge is 2.48. The summed E-state index contributed by atoms with van der Waals surface area (Å²) in [6, 6.07) is 11.8. The third-order valence-electron chi connectivity index (χ3n) is 8.30. The highest BCUT2D eigenvalue weighted by atomic mass is 16.5. The molecule has 1 saturated heterocycles. The van der Waals surface area contributed by atoms with Gasteiger partial charge in [-0.25, -0.2) is 4.79 Å². The summed E-state index contributed by atoms with van der Waals surface area (Å²) in [5.41, 5.74) is -0.316. The van der Waals surface area contributed by atoms with E-state index in [1.165, 1.54) is 26.2 Å². The van der Waals surface area contributed by atoms with E-state index in [0.29, 0.717) is 12.0 Å². The van der Waals surface area contributed by atoms with Gasteiger partial charge in [-0.15, -0.1) is 0 Å². The van der Waals surface area contributed by atoms with Gasteiger partial charge in [0, 0.05) is 6.42 Å². The first-order chi connectivity index (χ1) is 24.1. The van der Waals surface area contributed by atoms with Gasteiger partial charge in [0.1, 0.15) is 41.9 Å². The number of aromatic hydroxyl groups is 1. The number of aliphatic hydroxyl groups excluding tert-OH is 3. The lowest BCUT2D eigenvalue weighted by atomic mass is 9.94. The van der Waals surface area contributed by atoms with Gasteiger partial charge in [-0.2, -0.15) is 0 Å². The van der Waals surface area contributed by atoms with Crippen molar-refractivity contribution < 1.29 is 53.9 Å². The molecule has 1 aliphatic heterocycles. The van der Waals surface area contributed by atoms with Crippen LogP contribution in [0.2, 0.25) is 0 Å². The van der Waals surface area contributed by atoms with E-state index in [1.807, 2.05) is 13.8 Å². The number of benzene rings is 2. The minimum Gasteiger partial charge on any atom is -0.508 e. The lowest BCUT2D eigenvalue weighted by Gasteiger charge is -2.45. The van der Waals surface area contributed by atoms with Crippen molar-refractivity contribution in [3.05, 3.63) is 65.7 Å². The fraction of sp³-hybridized carbons (Fsp3) is 0.514. The number of phenolic OH excluding ortho intramolecular Hbond substituents is 1. The van der Waals surface area contributed by atoms with Crippen LogP contribution in [0.1, 0.15) is 38.3 Å². The SMILES string of the molecule is COC(=O)[C@H](CC(C)C)NC(=O)[C@H](Cc1ccccc1)NC(=O)CNC(=O)CNC(=O)[C@H](Cc1ccc(O)cc1)N[C@]1(C)OC[C@@H](O)[C@@H](O)[C@@H]1O. The first kappa shape index (κ1) is 40.8. The molecular formula is C35H49N5O11. The van der Waals surface area contributed by atoms with Crippen LogP contribution in [0.3, 0.4) is 0 Å². The Labute approximate surface area is 296 Å². The van der Waals surface area contributed by atoms with Crippen LogP contribution in [0.15, 0.2) is 54.6 Å². The van der Waals surface area contributed by atoms with Crippen LogP contribution in [0.5, 0.6) is 5.75 Å². The molecule has 1 heterocycles. The maximum atomic E-state index is 13.3. The van der Waals surface area contributed by atoms with Crippen molar-refractivity contribution in [2.24, 2.45) is 5.92 Å². The van der Waals surface area contributed by atoms with E-state index in [-0.39, 0.29) is 31.1 Å². The number of nitrogens with one attached hydrogen (secondary N) is 5. The van der Waals surface area contributed by atoms with Crippen molar-refractivity contribution in [2.45, 2.75) is 82.2 Å².